The maximum atomic E-state index is 13.2. The van der Waals surface area contributed by atoms with Crippen LogP contribution in [0.2, 0.25) is 0 Å². The zero-order valence-electron chi connectivity index (χ0n) is 17.5. The average molecular weight is 499 g/mol. The largest absolute Gasteiger partial charge is 0.507 e. The normalized spacial score (nSPS) is 17.6. The van der Waals surface area contributed by atoms with Gasteiger partial charge in [0.1, 0.15) is 17.6 Å². The zero-order chi connectivity index (χ0) is 23.0. The number of rotatable bonds is 5. The van der Waals surface area contributed by atoms with Crippen molar-refractivity contribution >= 4 is 39.2 Å². The number of methoxy groups -OCH3 is 2. The fraction of sp³-hybridized carbons (Fsp3) is 0.174. The lowest BCUT2D eigenvalue weighted by Crippen LogP contribution is -2.30. The summed E-state index contributed by atoms with van der Waals surface area (Å²) in [5, 5.41) is 15.1. The molecule has 164 valence electrons. The molecule has 0 spiro atoms. The fourth-order valence-corrected chi connectivity index (χ4v) is 3.98. The Bertz CT molecular complexity index is 1230. The molecule has 0 aliphatic carbocycles. The molecule has 0 radical (unpaired) electrons. The number of Topliss-reactive ketones (excluding diaryl/α,β-unsaturated/α-hetero) is 1. The molecule has 1 N–H and O–H groups in total. The molecule has 0 unspecified atom stereocenters. The van der Waals surface area contributed by atoms with Gasteiger partial charge in [0.05, 0.1) is 19.8 Å². The van der Waals surface area contributed by atoms with Crippen molar-refractivity contribution in [3.8, 4) is 11.5 Å². The quantitative estimate of drug-likeness (QED) is 0.316. The average Bonchev–Trinajstić information content (AvgIpc) is 3.33. The van der Waals surface area contributed by atoms with Crippen LogP contribution in [-0.4, -0.2) is 36.2 Å². The Morgan fingerprint density at radius 1 is 1.12 bits per heavy atom. The summed E-state index contributed by atoms with van der Waals surface area (Å²) in [7, 11) is 2.95. The predicted molar refractivity (Wildman–Crippen MR) is 120 cm³/mol. The van der Waals surface area contributed by atoms with Crippen LogP contribution in [0.4, 0.5) is 5.82 Å². The molecule has 32 heavy (non-hydrogen) atoms. The molecule has 0 saturated carbocycles. The number of hydrogen-bond donors (Lipinski definition) is 1. The number of anilines is 1. The minimum absolute atomic E-state index is 0.0930. The van der Waals surface area contributed by atoms with Gasteiger partial charge in [0.25, 0.3) is 5.78 Å². The molecule has 9 heteroatoms. The van der Waals surface area contributed by atoms with E-state index >= 15 is 0 Å². The number of carbonyl (C=O) groups excluding carboxylic acids is 2. The van der Waals surface area contributed by atoms with Crippen LogP contribution in [0.25, 0.3) is 5.76 Å². The van der Waals surface area contributed by atoms with Gasteiger partial charge >= 0.3 is 5.91 Å². The molecule has 1 aliphatic rings. The highest BCUT2D eigenvalue weighted by Gasteiger charge is 2.49. The maximum absolute atomic E-state index is 13.2. The van der Waals surface area contributed by atoms with Crippen molar-refractivity contribution in [2.75, 3.05) is 19.1 Å². The highest BCUT2D eigenvalue weighted by molar-refractivity contribution is 9.10. The van der Waals surface area contributed by atoms with Crippen molar-refractivity contribution in [1.29, 1.82) is 0 Å². The number of nitrogens with zero attached hydrogens (tertiary/aromatic N) is 2. The van der Waals surface area contributed by atoms with Gasteiger partial charge in [0, 0.05) is 21.7 Å². The van der Waals surface area contributed by atoms with E-state index in [0.29, 0.717) is 28.4 Å². The molecule has 1 aromatic heterocycles. The minimum Gasteiger partial charge on any atom is -0.507 e. The number of aliphatic hydroxyl groups is 1. The minimum atomic E-state index is -1.02. The summed E-state index contributed by atoms with van der Waals surface area (Å²) in [4.78, 5) is 27.5. The van der Waals surface area contributed by atoms with Crippen molar-refractivity contribution in [2.45, 2.75) is 13.0 Å². The number of para-hydroxylation sites is 1. The van der Waals surface area contributed by atoms with Gasteiger partial charge in [-0.05, 0) is 25.1 Å². The SMILES string of the molecule is COc1cccc([C@@H]2/C(=C(\O)c3ccc(Br)cc3)C(=O)C(=O)N2c2cc(C)on2)c1OC. The first kappa shape index (κ1) is 21.6. The van der Waals surface area contributed by atoms with E-state index in [4.69, 9.17) is 14.0 Å². The van der Waals surface area contributed by atoms with Gasteiger partial charge in [0.2, 0.25) is 0 Å². The lowest BCUT2D eigenvalue weighted by atomic mass is 9.94. The monoisotopic (exact) mass is 498 g/mol. The second-order valence-corrected chi connectivity index (χ2v) is 7.97. The molecule has 1 aliphatic heterocycles. The Kier molecular flexibility index (Phi) is 5.75. The van der Waals surface area contributed by atoms with Crippen LogP contribution in [0.1, 0.15) is 22.9 Å². The van der Waals surface area contributed by atoms with E-state index in [0.717, 1.165) is 4.47 Å². The highest BCUT2D eigenvalue weighted by Crippen LogP contribution is 2.47. The van der Waals surface area contributed by atoms with Crippen LogP contribution in [0.15, 0.2) is 63.1 Å². The molecule has 1 saturated heterocycles. The number of hydrogen-bond acceptors (Lipinski definition) is 7. The van der Waals surface area contributed by atoms with Crippen molar-refractivity contribution in [2.24, 2.45) is 0 Å². The van der Waals surface area contributed by atoms with Gasteiger partial charge in [-0.15, -0.1) is 0 Å². The van der Waals surface area contributed by atoms with Gasteiger partial charge in [-0.25, -0.2) is 0 Å². The Morgan fingerprint density at radius 3 is 2.44 bits per heavy atom. The Balaban J connectivity index is 2.01. The van der Waals surface area contributed by atoms with Crippen molar-refractivity contribution in [3.05, 3.63) is 75.5 Å². The van der Waals surface area contributed by atoms with E-state index in [1.54, 1.807) is 55.5 Å². The van der Waals surface area contributed by atoms with Crippen molar-refractivity contribution < 1.29 is 28.7 Å². The third-order valence-electron chi connectivity index (χ3n) is 5.15. The second-order valence-electron chi connectivity index (χ2n) is 7.05. The lowest BCUT2D eigenvalue weighted by Gasteiger charge is -2.25. The summed E-state index contributed by atoms with van der Waals surface area (Å²) in [6, 6.07) is 12.4. The molecule has 0 bridgehead atoms. The number of aliphatic hydroxyl groups excluding tert-OH is 1. The summed E-state index contributed by atoms with van der Waals surface area (Å²) in [6.07, 6.45) is 0. The van der Waals surface area contributed by atoms with Crippen LogP contribution >= 0.6 is 15.9 Å². The molecule has 1 fully saturated rings. The number of halogens is 1. The number of aromatic nitrogens is 1. The number of amides is 1. The fourth-order valence-electron chi connectivity index (χ4n) is 3.72. The topological polar surface area (TPSA) is 102 Å². The van der Waals surface area contributed by atoms with E-state index in [1.807, 2.05) is 0 Å². The van der Waals surface area contributed by atoms with Crippen LogP contribution in [0.5, 0.6) is 11.5 Å². The van der Waals surface area contributed by atoms with E-state index < -0.39 is 17.7 Å². The number of benzene rings is 2. The van der Waals surface area contributed by atoms with Crippen LogP contribution in [0, 0.1) is 6.92 Å². The first-order valence-electron chi connectivity index (χ1n) is 9.58. The van der Waals surface area contributed by atoms with Crippen molar-refractivity contribution in [1.82, 2.24) is 5.16 Å². The summed E-state index contributed by atoms with van der Waals surface area (Å²) in [5.41, 5.74) is 0.740. The molecule has 4 rings (SSSR count). The number of ketones is 1. The second kappa shape index (κ2) is 8.51. The van der Waals surface area contributed by atoms with Gasteiger partial charge in [-0.2, -0.15) is 0 Å². The molecule has 2 aromatic carbocycles. The lowest BCUT2D eigenvalue weighted by molar-refractivity contribution is -0.132. The van der Waals surface area contributed by atoms with Crippen LogP contribution in [0.3, 0.4) is 0 Å². The van der Waals surface area contributed by atoms with Gasteiger partial charge in [-0.3, -0.25) is 14.5 Å². The first-order chi connectivity index (χ1) is 15.4. The number of ether oxygens (including phenoxy) is 2. The van der Waals surface area contributed by atoms with E-state index in [2.05, 4.69) is 21.1 Å². The Morgan fingerprint density at radius 2 is 1.84 bits per heavy atom. The first-order valence-corrected chi connectivity index (χ1v) is 10.4. The standard InChI is InChI=1S/C23H19BrN2O6/c1-12-11-17(25-32-12)26-19(15-5-4-6-16(30-2)22(15)31-3)18(21(28)23(26)29)20(27)13-7-9-14(24)10-8-13/h4-11,19,27H,1-3H3/b20-18+/t19-/m1/s1. The molecule has 2 heterocycles. The molecular weight excluding hydrogens is 480 g/mol. The Hall–Kier alpha value is -3.59. The summed E-state index contributed by atoms with van der Waals surface area (Å²) < 4.78 is 16.9. The number of carbonyl (C=O) groups is 2. The summed E-state index contributed by atoms with van der Waals surface area (Å²) in [5.74, 6) is -0.647. The molecular formula is C23H19BrN2O6. The van der Waals surface area contributed by atoms with Crippen LogP contribution in [-0.2, 0) is 9.59 Å². The third-order valence-corrected chi connectivity index (χ3v) is 5.68. The molecule has 1 atom stereocenters. The van der Waals surface area contributed by atoms with Crippen molar-refractivity contribution in [3.63, 3.8) is 0 Å². The van der Waals surface area contributed by atoms with E-state index in [1.165, 1.54) is 19.1 Å². The summed E-state index contributed by atoms with van der Waals surface area (Å²) in [6.45, 7) is 1.68. The Labute approximate surface area is 192 Å². The van der Waals surface area contributed by atoms with E-state index in [9.17, 15) is 14.7 Å². The zero-order valence-corrected chi connectivity index (χ0v) is 19.0. The summed E-state index contributed by atoms with van der Waals surface area (Å²) >= 11 is 3.35. The van der Waals surface area contributed by atoms with E-state index in [-0.39, 0.29) is 17.2 Å². The van der Waals surface area contributed by atoms with Gasteiger partial charge < -0.3 is 19.1 Å². The molecule has 8 nitrogen and oxygen atoms in total. The number of aryl methyl sites for hydroxylation is 1. The third kappa shape index (κ3) is 3.54. The van der Waals surface area contributed by atoms with Gasteiger partial charge in [0.15, 0.2) is 17.3 Å². The smallest absolute Gasteiger partial charge is 0.301 e. The van der Waals surface area contributed by atoms with Gasteiger partial charge in [-0.1, -0.05) is 45.4 Å². The predicted octanol–water partition coefficient (Wildman–Crippen LogP) is 4.39. The van der Waals surface area contributed by atoms with Crippen LogP contribution < -0.4 is 14.4 Å². The molecule has 3 aromatic rings. The highest BCUT2D eigenvalue weighted by atomic mass is 79.9. The maximum Gasteiger partial charge on any atom is 0.301 e. The molecule has 1 amide bonds.